The highest BCUT2D eigenvalue weighted by molar-refractivity contribution is 7.87. The second-order valence-electron chi connectivity index (χ2n) is 2.42. The fraction of sp³-hybridized carbons (Fsp3) is 0.571. The third-order valence-electron chi connectivity index (χ3n) is 1.21. The van der Waals surface area contributed by atoms with E-state index in [0.29, 0.717) is 6.42 Å². The maximum absolute atomic E-state index is 10.8. The van der Waals surface area contributed by atoms with Crippen LogP contribution in [0.25, 0.3) is 0 Å². The lowest BCUT2D eigenvalue weighted by molar-refractivity contribution is -0.120. The van der Waals surface area contributed by atoms with Crippen LogP contribution in [0, 0.1) is 0 Å². The molecule has 0 heterocycles. The van der Waals surface area contributed by atoms with Crippen LogP contribution in [0.5, 0.6) is 0 Å². The summed E-state index contributed by atoms with van der Waals surface area (Å²) in [5.41, 5.74) is 0. The van der Waals surface area contributed by atoms with Gasteiger partial charge in [0.2, 0.25) is 0 Å². The standard InChI is InChI=1S/C7H12O6S/c8-4-2-1-3-7(10)5-14(11,12)13-6-9/h1,3,6-8,10H,2,4-5H2. The van der Waals surface area contributed by atoms with Crippen molar-refractivity contribution in [2.75, 3.05) is 12.4 Å². The maximum atomic E-state index is 10.8. The van der Waals surface area contributed by atoms with E-state index in [9.17, 15) is 13.2 Å². The molecule has 82 valence electrons. The maximum Gasteiger partial charge on any atom is 0.314 e. The molecule has 0 aliphatic carbocycles. The number of hydrogen-bond acceptors (Lipinski definition) is 6. The van der Waals surface area contributed by atoms with E-state index >= 15 is 0 Å². The summed E-state index contributed by atoms with van der Waals surface area (Å²) in [6.07, 6.45) is 1.72. The summed E-state index contributed by atoms with van der Waals surface area (Å²) in [7, 11) is -4.00. The van der Waals surface area contributed by atoms with Gasteiger partial charge in [0, 0.05) is 6.61 Å². The molecule has 0 aliphatic heterocycles. The van der Waals surface area contributed by atoms with Gasteiger partial charge < -0.3 is 14.4 Å². The molecular formula is C7H12O6S. The van der Waals surface area contributed by atoms with Crippen molar-refractivity contribution < 1.29 is 27.6 Å². The molecule has 0 saturated carbocycles. The lowest BCUT2D eigenvalue weighted by Crippen LogP contribution is -2.20. The van der Waals surface area contributed by atoms with E-state index in [-0.39, 0.29) is 13.1 Å². The summed E-state index contributed by atoms with van der Waals surface area (Å²) in [4.78, 5) is 9.73. The van der Waals surface area contributed by atoms with Crippen LogP contribution in [-0.4, -0.2) is 43.6 Å². The minimum absolute atomic E-state index is 0.0825. The topological polar surface area (TPSA) is 101 Å². The Morgan fingerprint density at radius 2 is 2.07 bits per heavy atom. The average Bonchev–Trinajstić information content (AvgIpc) is 2.03. The number of aliphatic hydroxyl groups excluding tert-OH is 2. The monoisotopic (exact) mass is 224 g/mol. The van der Waals surface area contributed by atoms with Gasteiger partial charge in [0.15, 0.2) is 0 Å². The van der Waals surface area contributed by atoms with Crippen molar-refractivity contribution in [1.82, 2.24) is 0 Å². The van der Waals surface area contributed by atoms with E-state index in [1.807, 2.05) is 0 Å². The largest absolute Gasteiger partial charge is 0.396 e. The van der Waals surface area contributed by atoms with Crippen LogP contribution in [0.15, 0.2) is 12.2 Å². The summed E-state index contributed by atoms with van der Waals surface area (Å²) in [5, 5.41) is 17.5. The van der Waals surface area contributed by atoms with Crippen molar-refractivity contribution in [2.24, 2.45) is 0 Å². The summed E-state index contributed by atoms with van der Waals surface area (Å²) in [5.74, 6) is -0.687. The predicted octanol–water partition coefficient (Wildman–Crippen LogP) is -1.21. The Kier molecular flexibility index (Phi) is 6.09. The van der Waals surface area contributed by atoms with Crippen molar-refractivity contribution in [3.8, 4) is 0 Å². The highest BCUT2D eigenvalue weighted by Crippen LogP contribution is 1.97. The number of hydrogen-bond donors (Lipinski definition) is 2. The van der Waals surface area contributed by atoms with Crippen LogP contribution in [0.1, 0.15) is 6.42 Å². The summed E-state index contributed by atoms with van der Waals surface area (Å²) >= 11 is 0. The molecule has 0 spiro atoms. The molecule has 1 atom stereocenters. The van der Waals surface area contributed by atoms with E-state index < -0.39 is 22.0 Å². The fourth-order valence-electron chi connectivity index (χ4n) is 0.692. The average molecular weight is 224 g/mol. The Morgan fingerprint density at radius 3 is 2.57 bits per heavy atom. The molecular weight excluding hydrogens is 212 g/mol. The zero-order valence-corrected chi connectivity index (χ0v) is 8.18. The molecule has 0 rings (SSSR count). The molecule has 1 unspecified atom stereocenters. The number of rotatable bonds is 7. The third-order valence-corrected chi connectivity index (χ3v) is 2.34. The van der Waals surface area contributed by atoms with Crippen molar-refractivity contribution >= 4 is 16.6 Å². The smallest absolute Gasteiger partial charge is 0.314 e. The van der Waals surface area contributed by atoms with Gasteiger partial charge in [-0.25, -0.2) is 0 Å². The summed E-state index contributed by atoms with van der Waals surface area (Å²) in [6.45, 7) is -0.291. The number of carbonyl (C=O) groups is 1. The van der Waals surface area contributed by atoms with Crippen molar-refractivity contribution in [3.63, 3.8) is 0 Å². The molecule has 14 heavy (non-hydrogen) atoms. The van der Waals surface area contributed by atoms with Gasteiger partial charge >= 0.3 is 16.6 Å². The van der Waals surface area contributed by atoms with E-state index in [1.165, 1.54) is 12.2 Å². The SMILES string of the molecule is O=COS(=O)(=O)CC(O)C=CCCO. The number of aliphatic hydroxyl groups is 2. The van der Waals surface area contributed by atoms with Gasteiger partial charge in [0.25, 0.3) is 0 Å². The fourth-order valence-corrected chi connectivity index (χ4v) is 1.42. The van der Waals surface area contributed by atoms with Crippen molar-refractivity contribution in [1.29, 1.82) is 0 Å². The van der Waals surface area contributed by atoms with Gasteiger partial charge in [-0.05, 0) is 6.42 Å². The van der Waals surface area contributed by atoms with Gasteiger partial charge in [-0.3, -0.25) is 4.79 Å². The highest BCUT2D eigenvalue weighted by Gasteiger charge is 2.15. The molecule has 6 nitrogen and oxygen atoms in total. The van der Waals surface area contributed by atoms with Crippen LogP contribution in [0.3, 0.4) is 0 Å². The molecule has 0 amide bonds. The van der Waals surface area contributed by atoms with Gasteiger partial charge in [0.1, 0.15) is 5.75 Å². The van der Waals surface area contributed by atoms with E-state index in [4.69, 9.17) is 10.2 Å². The normalized spacial score (nSPS) is 14.1. The zero-order valence-electron chi connectivity index (χ0n) is 7.37. The molecule has 0 aromatic heterocycles. The molecule has 0 aromatic rings. The molecule has 0 aliphatic rings. The van der Waals surface area contributed by atoms with Crippen LogP contribution in [0.4, 0.5) is 0 Å². The molecule has 0 saturated heterocycles. The Balaban J connectivity index is 4.05. The first-order valence-electron chi connectivity index (χ1n) is 3.82. The van der Waals surface area contributed by atoms with E-state index in [2.05, 4.69) is 4.18 Å². The first-order valence-corrected chi connectivity index (χ1v) is 5.40. The molecule has 0 radical (unpaired) electrons. The van der Waals surface area contributed by atoms with Crippen molar-refractivity contribution in [2.45, 2.75) is 12.5 Å². The zero-order chi connectivity index (χ0) is 11.0. The van der Waals surface area contributed by atoms with Crippen LogP contribution < -0.4 is 0 Å². The second-order valence-corrected chi connectivity index (χ2v) is 4.07. The quantitative estimate of drug-likeness (QED) is 0.319. The van der Waals surface area contributed by atoms with Crippen LogP contribution >= 0.6 is 0 Å². The first-order chi connectivity index (χ1) is 6.52. The molecule has 0 bridgehead atoms. The third kappa shape index (κ3) is 6.58. The van der Waals surface area contributed by atoms with Crippen LogP contribution in [-0.2, 0) is 19.1 Å². The molecule has 0 aromatic carbocycles. The van der Waals surface area contributed by atoms with E-state index in [0.717, 1.165) is 0 Å². The number of carbonyl (C=O) groups excluding carboxylic acids is 1. The molecule has 2 N–H and O–H groups in total. The lowest BCUT2D eigenvalue weighted by Gasteiger charge is -2.04. The molecule has 0 fully saturated rings. The van der Waals surface area contributed by atoms with Crippen molar-refractivity contribution in [3.05, 3.63) is 12.2 Å². The molecule has 7 heteroatoms. The first kappa shape index (κ1) is 13.1. The summed E-state index contributed by atoms with van der Waals surface area (Å²) < 4.78 is 25.3. The van der Waals surface area contributed by atoms with Gasteiger partial charge in [0.05, 0.1) is 6.10 Å². The van der Waals surface area contributed by atoms with Gasteiger partial charge in [-0.2, -0.15) is 8.42 Å². The van der Waals surface area contributed by atoms with Crippen LogP contribution in [0.2, 0.25) is 0 Å². The Bertz CT molecular complexity index is 281. The lowest BCUT2D eigenvalue weighted by atomic mass is 10.3. The summed E-state index contributed by atoms with van der Waals surface area (Å²) in [6, 6.07) is 0. The van der Waals surface area contributed by atoms with Gasteiger partial charge in [-0.15, -0.1) is 0 Å². The Hall–Kier alpha value is -0.920. The van der Waals surface area contributed by atoms with E-state index in [1.54, 1.807) is 0 Å². The minimum atomic E-state index is -4.00. The second kappa shape index (κ2) is 6.52. The predicted molar refractivity (Wildman–Crippen MR) is 47.8 cm³/mol. The Labute approximate surface area is 81.9 Å². The van der Waals surface area contributed by atoms with Gasteiger partial charge in [-0.1, -0.05) is 12.2 Å². The minimum Gasteiger partial charge on any atom is -0.396 e. The highest BCUT2D eigenvalue weighted by atomic mass is 32.2. The Morgan fingerprint density at radius 1 is 1.43 bits per heavy atom.